The zero-order chi connectivity index (χ0) is 14.5. The molecule has 1 unspecified atom stereocenters. The molecule has 0 saturated carbocycles. The zero-order valence-electron chi connectivity index (χ0n) is 11.4. The lowest BCUT2D eigenvalue weighted by atomic mass is 10.1. The van der Waals surface area contributed by atoms with Crippen LogP contribution in [0.5, 0.6) is 11.5 Å². The Hall–Kier alpha value is -2.01. The summed E-state index contributed by atoms with van der Waals surface area (Å²) in [5, 5.41) is 14.7. The molecular formula is C15H17NO3S. The predicted octanol–water partition coefficient (Wildman–Crippen LogP) is 3.34. The van der Waals surface area contributed by atoms with Gasteiger partial charge in [-0.3, -0.25) is 4.79 Å². The molecule has 1 atom stereocenters. The first-order chi connectivity index (χ1) is 9.65. The number of nitrogens with one attached hydrogen (secondary N) is 1. The number of carbonyl (C=O) groups is 1. The average Bonchev–Trinajstić information content (AvgIpc) is 2.99. The fraction of sp³-hybridized carbons (Fsp3) is 0.267. The number of phenolic OH excluding ortho intramolecular Hbond substituents is 1. The summed E-state index contributed by atoms with van der Waals surface area (Å²) in [6.45, 7) is 2.01. The first-order valence-corrected chi connectivity index (χ1v) is 7.25. The number of hydrogen-bond acceptors (Lipinski definition) is 4. The van der Waals surface area contributed by atoms with Crippen molar-refractivity contribution in [1.82, 2.24) is 5.32 Å². The second kappa shape index (κ2) is 6.43. The number of carbonyl (C=O) groups excluding carboxylic acids is 1. The molecule has 106 valence electrons. The highest BCUT2D eigenvalue weighted by Crippen LogP contribution is 2.26. The molecule has 0 fully saturated rings. The summed E-state index contributed by atoms with van der Waals surface area (Å²) >= 11 is 1.60. The lowest BCUT2D eigenvalue weighted by Crippen LogP contribution is -2.27. The van der Waals surface area contributed by atoms with Crippen LogP contribution in [0.4, 0.5) is 0 Å². The second-order valence-corrected chi connectivity index (χ2v) is 5.31. The smallest absolute Gasteiger partial charge is 0.255 e. The van der Waals surface area contributed by atoms with E-state index in [0.29, 0.717) is 5.75 Å². The van der Waals surface area contributed by atoms with E-state index in [1.54, 1.807) is 17.4 Å². The fourth-order valence-corrected chi connectivity index (χ4v) is 2.79. The Kier molecular flexibility index (Phi) is 4.63. The Morgan fingerprint density at radius 1 is 1.45 bits per heavy atom. The molecule has 0 saturated heterocycles. The summed E-state index contributed by atoms with van der Waals surface area (Å²) in [4.78, 5) is 13.4. The van der Waals surface area contributed by atoms with E-state index in [-0.39, 0.29) is 23.3 Å². The van der Waals surface area contributed by atoms with Gasteiger partial charge in [0, 0.05) is 4.88 Å². The molecule has 1 aromatic carbocycles. The van der Waals surface area contributed by atoms with Crippen LogP contribution in [0.15, 0.2) is 35.7 Å². The maximum absolute atomic E-state index is 12.3. The van der Waals surface area contributed by atoms with Gasteiger partial charge in [0.25, 0.3) is 5.91 Å². The number of methoxy groups -OCH3 is 1. The number of thiophene rings is 1. The Morgan fingerprint density at radius 2 is 2.25 bits per heavy atom. The number of ether oxygens (including phenoxy) is 1. The third-order valence-corrected chi connectivity index (χ3v) is 4.03. The van der Waals surface area contributed by atoms with Crippen molar-refractivity contribution in [2.75, 3.05) is 7.11 Å². The molecule has 0 spiro atoms. The van der Waals surface area contributed by atoms with E-state index in [1.807, 2.05) is 24.4 Å². The molecule has 1 heterocycles. The maximum Gasteiger partial charge on any atom is 0.255 e. The number of rotatable bonds is 5. The van der Waals surface area contributed by atoms with E-state index in [9.17, 15) is 9.90 Å². The standard InChI is InChI=1S/C15H17NO3S/c1-3-12(14-5-4-8-20-14)16-15(18)11-9-10(19-2)6-7-13(11)17/h4-9,12,17H,3H2,1-2H3,(H,16,18). The molecule has 0 aliphatic carbocycles. The van der Waals surface area contributed by atoms with E-state index in [4.69, 9.17) is 4.74 Å². The first-order valence-electron chi connectivity index (χ1n) is 6.37. The van der Waals surface area contributed by atoms with Crippen molar-refractivity contribution >= 4 is 17.2 Å². The van der Waals surface area contributed by atoms with Gasteiger partial charge in [0.05, 0.1) is 18.7 Å². The first kappa shape index (κ1) is 14.4. The molecule has 1 aromatic heterocycles. The van der Waals surface area contributed by atoms with E-state index < -0.39 is 0 Å². The van der Waals surface area contributed by atoms with Crippen molar-refractivity contribution in [3.8, 4) is 11.5 Å². The minimum Gasteiger partial charge on any atom is -0.507 e. The van der Waals surface area contributed by atoms with Crippen LogP contribution in [0, 0.1) is 0 Å². The van der Waals surface area contributed by atoms with Gasteiger partial charge in [-0.05, 0) is 36.1 Å². The van der Waals surface area contributed by atoms with Crippen LogP contribution in [0.3, 0.4) is 0 Å². The molecule has 0 aliphatic rings. The number of aromatic hydroxyl groups is 1. The van der Waals surface area contributed by atoms with Gasteiger partial charge in [-0.25, -0.2) is 0 Å². The van der Waals surface area contributed by atoms with Crippen molar-refractivity contribution in [2.24, 2.45) is 0 Å². The highest BCUT2D eigenvalue weighted by Gasteiger charge is 2.18. The third kappa shape index (κ3) is 3.11. The molecule has 0 radical (unpaired) electrons. The largest absolute Gasteiger partial charge is 0.507 e. The summed E-state index contributed by atoms with van der Waals surface area (Å²) in [5.74, 6) is 0.183. The molecular weight excluding hydrogens is 274 g/mol. The summed E-state index contributed by atoms with van der Waals surface area (Å²) < 4.78 is 5.07. The minimum absolute atomic E-state index is 0.0481. The van der Waals surface area contributed by atoms with Crippen molar-refractivity contribution in [2.45, 2.75) is 19.4 Å². The van der Waals surface area contributed by atoms with Gasteiger partial charge in [-0.1, -0.05) is 13.0 Å². The summed E-state index contributed by atoms with van der Waals surface area (Å²) in [5.41, 5.74) is 0.222. The van der Waals surface area contributed by atoms with Crippen molar-refractivity contribution in [3.05, 3.63) is 46.2 Å². The Balaban J connectivity index is 2.19. The van der Waals surface area contributed by atoms with E-state index >= 15 is 0 Å². The molecule has 20 heavy (non-hydrogen) atoms. The molecule has 2 rings (SSSR count). The average molecular weight is 291 g/mol. The highest BCUT2D eigenvalue weighted by molar-refractivity contribution is 7.10. The van der Waals surface area contributed by atoms with Gasteiger partial charge < -0.3 is 15.2 Å². The fourth-order valence-electron chi connectivity index (χ4n) is 1.92. The van der Waals surface area contributed by atoms with Crippen molar-refractivity contribution < 1.29 is 14.6 Å². The minimum atomic E-state index is -0.304. The summed E-state index contributed by atoms with van der Waals surface area (Å²) in [6, 6.07) is 8.50. The number of benzene rings is 1. The molecule has 0 aliphatic heterocycles. The van der Waals surface area contributed by atoms with E-state index in [2.05, 4.69) is 5.32 Å². The third-order valence-electron chi connectivity index (χ3n) is 3.05. The van der Waals surface area contributed by atoms with Gasteiger partial charge in [-0.15, -0.1) is 11.3 Å². The van der Waals surface area contributed by atoms with Gasteiger partial charge in [0.15, 0.2) is 0 Å². The van der Waals surface area contributed by atoms with Crippen LogP contribution in [-0.4, -0.2) is 18.1 Å². The quantitative estimate of drug-likeness (QED) is 0.888. The Bertz CT molecular complexity index is 581. The molecule has 5 heteroatoms. The predicted molar refractivity (Wildman–Crippen MR) is 79.5 cm³/mol. The number of phenols is 1. The molecule has 0 bridgehead atoms. The monoisotopic (exact) mass is 291 g/mol. The highest BCUT2D eigenvalue weighted by atomic mass is 32.1. The lowest BCUT2D eigenvalue weighted by Gasteiger charge is -2.16. The maximum atomic E-state index is 12.3. The van der Waals surface area contributed by atoms with E-state index in [0.717, 1.165) is 11.3 Å². The van der Waals surface area contributed by atoms with Crippen LogP contribution in [-0.2, 0) is 0 Å². The van der Waals surface area contributed by atoms with Crippen LogP contribution >= 0.6 is 11.3 Å². The van der Waals surface area contributed by atoms with Crippen molar-refractivity contribution in [3.63, 3.8) is 0 Å². The summed E-state index contributed by atoms with van der Waals surface area (Å²) in [6.07, 6.45) is 0.789. The van der Waals surface area contributed by atoms with E-state index in [1.165, 1.54) is 19.2 Å². The lowest BCUT2D eigenvalue weighted by molar-refractivity contribution is 0.0933. The summed E-state index contributed by atoms with van der Waals surface area (Å²) in [7, 11) is 1.52. The van der Waals surface area contributed by atoms with Crippen LogP contribution in [0.25, 0.3) is 0 Å². The van der Waals surface area contributed by atoms with Crippen LogP contribution in [0.2, 0.25) is 0 Å². The zero-order valence-corrected chi connectivity index (χ0v) is 12.2. The SMILES string of the molecule is CCC(NC(=O)c1cc(OC)ccc1O)c1cccs1. The molecule has 2 N–H and O–H groups in total. The van der Waals surface area contributed by atoms with Gasteiger partial charge in [0.2, 0.25) is 0 Å². The topological polar surface area (TPSA) is 58.6 Å². The second-order valence-electron chi connectivity index (χ2n) is 4.33. The Labute approximate surface area is 122 Å². The van der Waals surface area contributed by atoms with Crippen LogP contribution in [0.1, 0.15) is 34.6 Å². The molecule has 4 nitrogen and oxygen atoms in total. The van der Waals surface area contributed by atoms with Crippen LogP contribution < -0.4 is 10.1 Å². The van der Waals surface area contributed by atoms with Gasteiger partial charge in [0.1, 0.15) is 11.5 Å². The number of amides is 1. The Morgan fingerprint density at radius 3 is 2.85 bits per heavy atom. The normalized spacial score (nSPS) is 11.9. The van der Waals surface area contributed by atoms with Gasteiger partial charge >= 0.3 is 0 Å². The molecule has 1 amide bonds. The number of hydrogen-bond donors (Lipinski definition) is 2. The van der Waals surface area contributed by atoms with Gasteiger partial charge in [-0.2, -0.15) is 0 Å². The molecule has 2 aromatic rings. The van der Waals surface area contributed by atoms with Crippen molar-refractivity contribution in [1.29, 1.82) is 0 Å².